The fourth-order valence-electron chi connectivity index (χ4n) is 3.41. The van der Waals surface area contributed by atoms with Crippen LogP contribution in [0, 0.1) is 11.8 Å². The van der Waals surface area contributed by atoms with Crippen molar-refractivity contribution >= 4 is 0 Å². The van der Waals surface area contributed by atoms with E-state index < -0.39 is 0 Å². The monoisotopic (exact) mass is 338 g/mol. The highest BCUT2D eigenvalue weighted by atomic mass is 16.5. The van der Waals surface area contributed by atoms with Crippen molar-refractivity contribution in [3.8, 4) is 0 Å². The Hall–Kier alpha value is -0.340. The van der Waals surface area contributed by atoms with Crippen LogP contribution in [0.15, 0.2) is 12.2 Å². The number of rotatable bonds is 17. The van der Waals surface area contributed by atoms with Crippen LogP contribution in [-0.4, -0.2) is 24.4 Å². The standard InChI is InChI=1S/C22H42O2/c1-3-4-5-6-9-12-15-21-18-22(21)16-13-10-7-8-11-14-17-24-20(2)19-23/h9,12,20-23H,3-8,10-11,13-19H2,1-2H3/b12-9-. The summed E-state index contributed by atoms with van der Waals surface area (Å²) in [5.41, 5.74) is 0. The molecule has 2 heteroatoms. The van der Waals surface area contributed by atoms with E-state index in [-0.39, 0.29) is 12.7 Å². The average Bonchev–Trinajstić information content (AvgIpc) is 3.34. The van der Waals surface area contributed by atoms with Crippen molar-refractivity contribution in [3.05, 3.63) is 12.2 Å². The van der Waals surface area contributed by atoms with E-state index in [1.54, 1.807) is 0 Å². The zero-order valence-electron chi connectivity index (χ0n) is 16.3. The minimum absolute atomic E-state index is 0.00248. The maximum absolute atomic E-state index is 8.87. The van der Waals surface area contributed by atoms with Gasteiger partial charge in [0.2, 0.25) is 0 Å². The molecule has 0 aromatic rings. The van der Waals surface area contributed by atoms with Crippen molar-refractivity contribution < 1.29 is 9.84 Å². The maximum atomic E-state index is 8.87. The van der Waals surface area contributed by atoms with Crippen molar-refractivity contribution in [3.63, 3.8) is 0 Å². The van der Waals surface area contributed by atoms with E-state index in [1.807, 2.05) is 6.92 Å². The lowest BCUT2D eigenvalue weighted by atomic mass is 10.1. The van der Waals surface area contributed by atoms with Crippen molar-refractivity contribution in [2.45, 2.75) is 103 Å². The molecular weight excluding hydrogens is 296 g/mol. The predicted molar refractivity (Wildman–Crippen MR) is 104 cm³/mol. The van der Waals surface area contributed by atoms with Crippen molar-refractivity contribution in [1.82, 2.24) is 0 Å². The summed E-state index contributed by atoms with van der Waals surface area (Å²) in [5.74, 6) is 2.05. The highest BCUT2D eigenvalue weighted by Crippen LogP contribution is 2.45. The summed E-state index contributed by atoms with van der Waals surface area (Å²) >= 11 is 0. The molecule has 24 heavy (non-hydrogen) atoms. The van der Waals surface area contributed by atoms with Gasteiger partial charge >= 0.3 is 0 Å². The highest BCUT2D eigenvalue weighted by Gasteiger charge is 2.34. The Morgan fingerprint density at radius 3 is 2.46 bits per heavy atom. The average molecular weight is 339 g/mol. The van der Waals surface area contributed by atoms with E-state index in [4.69, 9.17) is 9.84 Å². The molecule has 1 N–H and O–H groups in total. The summed E-state index contributed by atoms with van der Waals surface area (Å²) in [4.78, 5) is 0. The minimum Gasteiger partial charge on any atom is -0.394 e. The minimum atomic E-state index is 0.00248. The van der Waals surface area contributed by atoms with Gasteiger partial charge in [0.25, 0.3) is 0 Å². The van der Waals surface area contributed by atoms with Crippen LogP contribution < -0.4 is 0 Å². The van der Waals surface area contributed by atoms with Gasteiger partial charge in [-0.2, -0.15) is 0 Å². The lowest BCUT2D eigenvalue weighted by Gasteiger charge is -2.09. The Bertz CT molecular complexity index is 300. The molecule has 0 aromatic heterocycles. The van der Waals surface area contributed by atoms with Crippen LogP contribution in [0.4, 0.5) is 0 Å². The van der Waals surface area contributed by atoms with Gasteiger partial charge in [-0.05, 0) is 50.9 Å². The molecule has 142 valence electrons. The lowest BCUT2D eigenvalue weighted by molar-refractivity contribution is 0.0231. The van der Waals surface area contributed by atoms with Gasteiger partial charge in [-0.25, -0.2) is 0 Å². The summed E-state index contributed by atoms with van der Waals surface area (Å²) in [7, 11) is 0. The van der Waals surface area contributed by atoms with Crippen LogP contribution >= 0.6 is 0 Å². The van der Waals surface area contributed by atoms with E-state index in [1.165, 1.54) is 77.0 Å². The molecule has 1 aliphatic carbocycles. The largest absolute Gasteiger partial charge is 0.394 e. The van der Waals surface area contributed by atoms with E-state index in [0.29, 0.717) is 0 Å². The summed E-state index contributed by atoms with van der Waals surface area (Å²) in [5, 5.41) is 8.87. The number of hydrogen-bond acceptors (Lipinski definition) is 2. The number of ether oxygens (including phenoxy) is 1. The molecule has 1 fully saturated rings. The molecular formula is C22H42O2. The Kier molecular flexibility index (Phi) is 13.5. The first kappa shape index (κ1) is 21.7. The third kappa shape index (κ3) is 12.1. The van der Waals surface area contributed by atoms with Crippen molar-refractivity contribution in [1.29, 1.82) is 0 Å². The molecule has 0 bridgehead atoms. The van der Waals surface area contributed by atoms with Crippen LogP contribution in [0.25, 0.3) is 0 Å². The Morgan fingerprint density at radius 2 is 1.71 bits per heavy atom. The van der Waals surface area contributed by atoms with E-state index >= 15 is 0 Å². The fraction of sp³-hybridized carbons (Fsp3) is 0.909. The Labute approximate surface area is 151 Å². The molecule has 3 unspecified atom stereocenters. The van der Waals surface area contributed by atoms with Gasteiger partial charge < -0.3 is 9.84 Å². The Morgan fingerprint density at radius 1 is 0.958 bits per heavy atom. The van der Waals surface area contributed by atoms with Gasteiger partial charge in [-0.3, -0.25) is 0 Å². The molecule has 0 amide bonds. The SMILES string of the molecule is CCCCC/C=C\CC1CC1CCCCCCCCOC(C)CO. The second-order valence-electron chi connectivity index (χ2n) is 7.73. The summed E-state index contributed by atoms with van der Waals surface area (Å²) < 4.78 is 5.47. The van der Waals surface area contributed by atoms with Gasteiger partial charge in [-0.1, -0.05) is 70.4 Å². The molecule has 1 rings (SSSR count). The number of aliphatic hydroxyl groups excluding tert-OH is 1. The molecule has 3 atom stereocenters. The topological polar surface area (TPSA) is 29.5 Å². The first-order valence-electron chi connectivity index (χ1n) is 10.6. The number of allylic oxidation sites excluding steroid dienone is 2. The molecule has 1 saturated carbocycles. The third-order valence-corrected chi connectivity index (χ3v) is 5.28. The molecule has 0 heterocycles. The highest BCUT2D eigenvalue weighted by molar-refractivity contribution is 4.93. The van der Waals surface area contributed by atoms with Crippen LogP contribution in [0.3, 0.4) is 0 Å². The van der Waals surface area contributed by atoms with Gasteiger partial charge in [0.05, 0.1) is 12.7 Å². The summed E-state index contributed by atoms with van der Waals surface area (Å²) in [6, 6.07) is 0. The Balaban J connectivity index is 1.78. The molecule has 0 saturated heterocycles. The summed E-state index contributed by atoms with van der Waals surface area (Å²) in [6.45, 7) is 5.13. The first-order chi connectivity index (χ1) is 11.8. The number of hydrogen-bond donors (Lipinski definition) is 1. The third-order valence-electron chi connectivity index (χ3n) is 5.28. The van der Waals surface area contributed by atoms with Crippen molar-refractivity contribution in [2.24, 2.45) is 11.8 Å². The van der Waals surface area contributed by atoms with Gasteiger partial charge in [0, 0.05) is 6.61 Å². The van der Waals surface area contributed by atoms with E-state index in [9.17, 15) is 0 Å². The zero-order chi connectivity index (χ0) is 17.5. The fourth-order valence-corrected chi connectivity index (χ4v) is 3.41. The molecule has 0 aliphatic heterocycles. The maximum Gasteiger partial charge on any atom is 0.0777 e. The van der Waals surface area contributed by atoms with Crippen LogP contribution in [0.2, 0.25) is 0 Å². The van der Waals surface area contributed by atoms with E-state index in [0.717, 1.165) is 24.9 Å². The second-order valence-corrected chi connectivity index (χ2v) is 7.73. The second kappa shape index (κ2) is 15.0. The van der Waals surface area contributed by atoms with Gasteiger partial charge in [-0.15, -0.1) is 0 Å². The lowest BCUT2D eigenvalue weighted by Crippen LogP contribution is -2.13. The molecule has 2 nitrogen and oxygen atoms in total. The zero-order valence-corrected chi connectivity index (χ0v) is 16.3. The van der Waals surface area contributed by atoms with Crippen LogP contribution in [-0.2, 0) is 4.74 Å². The molecule has 0 radical (unpaired) electrons. The van der Waals surface area contributed by atoms with Crippen molar-refractivity contribution in [2.75, 3.05) is 13.2 Å². The van der Waals surface area contributed by atoms with E-state index in [2.05, 4.69) is 19.1 Å². The number of aliphatic hydroxyl groups is 1. The molecule has 1 aliphatic rings. The summed E-state index contributed by atoms with van der Waals surface area (Å²) in [6.07, 6.45) is 22.5. The predicted octanol–water partition coefficient (Wildman–Crippen LogP) is 6.28. The molecule has 0 spiro atoms. The van der Waals surface area contributed by atoms with Gasteiger partial charge in [0.1, 0.15) is 0 Å². The van der Waals surface area contributed by atoms with Crippen LogP contribution in [0.1, 0.15) is 97.3 Å². The first-order valence-corrected chi connectivity index (χ1v) is 10.6. The number of unbranched alkanes of at least 4 members (excludes halogenated alkanes) is 8. The van der Waals surface area contributed by atoms with Gasteiger partial charge in [0.15, 0.2) is 0 Å². The van der Waals surface area contributed by atoms with Crippen LogP contribution in [0.5, 0.6) is 0 Å². The quantitative estimate of drug-likeness (QED) is 0.250. The molecule has 0 aromatic carbocycles. The normalized spacial score (nSPS) is 21.5. The smallest absolute Gasteiger partial charge is 0.0777 e.